The van der Waals surface area contributed by atoms with Crippen LogP contribution >= 0.6 is 0 Å². The second-order valence-electron chi connectivity index (χ2n) is 7.39. The third-order valence-corrected chi connectivity index (χ3v) is 5.24. The van der Waals surface area contributed by atoms with Crippen LogP contribution in [0, 0.1) is 0 Å². The van der Waals surface area contributed by atoms with Crippen LogP contribution in [0.25, 0.3) is 22.2 Å². The lowest BCUT2D eigenvalue weighted by molar-refractivity contribution is 0.206. The van der Waals surface area contributed by atoms with E-state index in [-0.39, 0.29) is 6.03 Å². The number of amides is 2. The van der Waals surface area contributed by atoms with E-state index in [0.29, 0.717) is 13.1 Å². The van der Waals surface area contributed by atoms with Gasteiger partial charge in [-0.2, -0.15) is 0 Å². The number of benzene rings is 3. The first-order valence-corrected chi connectivity index (χ1v) is 10.2. The minimum absolute atomic E-state index is 0.0617. The first kappa shape index (κ1) is 19.7. The van der Waals surface area contributed by atoms with Crippen LogP contribution in [0.2, 0.25) is 0 Å². The molecule has 1 N–H and O–H groups in total. The van der Waals surface area contributed by atoms with Crippen molar-refractivity contribution in [3.63, 3.8) is 0 Å². The molecule has 30 heavy (non-hydrogen) atoms. The molecule has 0 atom stereocenters. The highest BCUT2D eigenvalue weighted by molar-refractivity contribution is 5.75. The zero-order chi connectivity index (χ0) is 20.8. The molecule has 0 fully saturated rings. The monoisotopic (exact) mass is 398 g/mol. The number of hydrogen-bond donors (Lipinski definition) is 1. The van der Waals surface area contributed by atoms with Gasteiger partial charge in [-0.15, -0.1) is 0 Å². The summed E-state index contributed by atoms with van der Waals surface area (Å²) < 4.78 is 2.13. The molecular weight excluding hydrogens is 372 g/mol. The molecule has 0 saturated heterocycles. The van der Waals surface area contributed by atoms with Gasteiger partial charge in [0.2, 0.25) is 0 Å². The van der Waals surface area contributed by atoms with Gasteiger partial charge in [-0.25, -0.2) is 9.78 Å². The molecule has 0 aliphatic rings. The summed E-state index contributed by atoms with van der Waals surface area (Å²) in [5, 5.41) is 3.03. The zero-order valence-electron chi connectivity index (χ0n) is 17.2. The number of para-hydroxylation sites is 2. The van der Waals surface area contributed by atoms with Crippen LogP contribution in [0.3, 0.4) is 0 Å². The van der Waals surface area contributed by atoms with Crippen molar-refractivity contribution in [3.8, 4) is 11.1 Å². The molecule has 0 radical (unpaired) electrons. The maximum atomic E-state index is 12.6. The van der Waals surface area contributed by atoms with Gasteiger partial charge in [0.1, 0.15) is 0 Å². The van der Waals surface area contributed by atoms with Crippen molar-refractivity contribution < 1.29 is 4.79 Å². The van der Waals surface area contributed by atoms with E-state index in [2.05, 4.69) is 45.2 Å². The fourth-order valence-electron chi connectivity index (χ4n) is 3.65. The number of imidazole rings is 1. The van der Waals surface area contributed by atoms with Gasteiger partial charge >= 0.3 is 6.03 Å². The molecule has 0 bridgehead atoms. The van der Waals surface area contributed by atoms with Gasteiger partial charge in [0, 0.05) is 26.7 Å². The Labute approximate surface area is 177 Å². The van der Waals surface area contributed by atoms with Crippen LogP contribution in [0.5, 0.6) is 0 Å². The highest BCUT2D eigenvalue weighted by Gasteiger charge is 2.12. The molecule has 0 aliphatic carbocycles. The molecule has 0 unspecified atom stereocenters. The minimum Gasteiger partial charge on any atom is -0.338 e. The van der Waals surface area contributed by atoms with Crippen molar-refractivity contribution in [2.45, 2.75) is 19.5 Å². The summed E-state index contributed by atoms with van der Waals surface area (Å²) in [6.45, 7) is 2.00. The molecule has 1 heterocycles. The maximum Gasteiger partial charge on any atom is 0.317 e. The lowest BCUT2D eigenvalue weighted by Gasteiger charge is -2.20. The molecule has 4 rings (SSSR count). The van der Waals surface area contributed by atoms with Crippen LogP contribution in [-0.4, -0.2) is 34.1 Å². The van der Waals surface area contributed by atoms with Crippen LogP contribution < -0.4 is 5.32 Å². The molecule has 2 amide bonds. The number of rotatable bonds is 7. The van der Waals surface area contributed by atoms with Crippen molar-refractivity contribution in [2.75, 3.05) is 13.6 Å². The van der Waals surface area contributed by atoms with Gasteiger partial charge in [-0.05, 0) is 35.2 Å². The van der Waals surface area contributed by atoms with Crippen molar-refractivity contribution >= 4 is 17.1 Å². The summed E-state index contributed by atoms with van der Waals surface area (Å²) in [5.74, 6) is 0. The van der Waals surface area contributed by atoms with E-state index in [1.54, 1.807) is 4.90 Å². The molecule has 3 aromatic carbocycles. The molecule has 0 saturated carbocycles. The van der Waals surface area contributed by atoms with Crippen LogP contribution in [0.1, 0.15) is 12.0 Å². The molecule has 0 aliphatic heterocycles. The Balaban J connectivity index is 1.30. The second-order valence-corrected chi connectivity index (χ2v) is 7.39. The molecular formula is C25H26N4O. The smallest absolute Gasteiger partial charge is 0.317 e. The first-order chi connectivity index (χ1) is 14.7. The molecule has 4 aromatic rings. The fraction of sp³-hybridized carbons (Fsp3) is 0.200. The molecule has 1 aromatic heterocycles. The van der Waals surface area contributed by atoms with Gasteiger partial charge in [0.25, 0.3) is 0 Å². The number of carbonyl (C=O) groups is 1. The molecule has 5 heteroatoms. The fourth-order valence-corrected chi connectivity index (χ4v) is 3.65. The average Bonchev–Trinajstić information content (AvgIpc) is 3.20. The van der Waals surface area contributed by atoms with Gasteiger partial charge in [0.15, 0.2) is 0 Å². The second kappa shape index (κ2) is 9.27. The van der Waals surface area contributed by atoms with E-state index in [1.165, 1.54) is 0 Å². The summed E-state index contributed by atoms with van der Waals surface area (Å²) >= 11 is 0. The summed E-state index contributed by atoms with van der Waals surface area (Å²) in [6.07, 6.45) is 2.71. The third kappa shape index (κ3) is 4.51. The standard InChI is InChI=1S/C25H26N4O/c1-28(18-21-12-5-6-13-22(21)20-10-3-2-4-11-20)25(30)26-16-9-17-29-19-27-23-14-7-8-15-24(23)29/h2-8,10-15,19H,9,16-18H2,1H3,(H,26,30). The summed E-state index contributed by atoms with van der Waals surface area (Å²) in [7, 11) is 1.83. The summed E-state index contributed by atoms with van der Waals surface area (Å²) in [5.41, 5.74) is 5.57. The number of fused-ring (bicyclic) bond motifs is 1. The highest BCUT2D eigenvalue weighted by atomic mass is 16.2. The number of aryl methyl sites for hydroxylation is 1. The van der Waals surface area contributed by atoms with Crippen molar-refractivity contribution in [1.82, 2.24) is 19.8 Å². The first-order valence-electron chi connectivity index (χ1n) is 10.2. The van der Waals surface area contributed by atoms with E-state index in [1.807, 2.05) is 61.9 Å². The number of hydrogen-bond acceptors (Lipinski definition) is 2. The topological polar surface area (TPSA) is 50.2 Å². The van der Waals surface area contributed by atoms with Crippen molar-refractivity contribution in [3.05, 3.63) is 90.8 Å². The maximum absolute atomic E-state index is 12.6. The van der Waals surface area contributed by atoms with Gasteiger partial charge in [-0.3, -0.25) is 0 Å². The largest absolute Gasteiger partial charge is 0.338 e. The Morgan fingerprint density at radius 1 is 0.967 bits per heavy atom. The molecule has 5 nitrogen and oxygen atoms in total. The summed E-state index contributed by atoms with van der Waals surface area (Å²) in [6, 6.07) is 26.5. The summed E-state index contributed by atoms with van der Waals surface area (Å²) in [4.78, 5) is 18.7. The van der Waals surface area contributed by atoms with Crippen LogP contribution in [-0.2, 0) is 13.1 Å². The van der Waals surface area contributed by atoms with Crippen LogP contribution in [0.4, 0.5) is 4.79 Å². The van der Waals surface area contributed by atoms with Gasteiger partial charge in [-0.1, -0.05) is 66.7 Å². The highest BCUT2D eigenvalue weighted by Crippen LogP contribution is 2.24. The normalized spacial score (nSPS) is 10.8. The van der Waals surface area contributed by atoms with Gasteiger partial charge in [0.05, 0.1) is 17.4 Å². The van der Waals surface area contributed by atoms with Gasteiger partial charge < -0.3 is 14.8 Å². The van der Waals surface area contributed by atoms with E-state index in [9.17, 15) is 4.79 Å². The number of urea groups is 1. The Bertz CT molecular complexity index is 1120. The van der Waals surface area contributed by atoms with E-state index in [0.717, 1.165) is 40.7 Å². The van der Waals surface area contributed by atoms with E-state index < -0.39 is 0 Å². The number of aromatic nitrogens is 2. The number of nitrogens with one attached hydrogen (secondary N) is 1. The average molecular weight is 399 g/mol. The Morgan fingerprint density at radius 3 is 2.57 bits per heavy atom. The lowest BCUT2D eigenvalue weighted by Crippen LogP contribution is -2.37. The molecule has 0 spiro atoms. The SMILES string of the molecule is CN(Cc1ccccc1-c1ccccc1)C(=O)NCCCn1cnc2ccccc21. The predicted molar refractivity (Wildman–Crippen MR) is 121 cm³/mol. The Kier molecular flexibility index (Phi) is 6.09. The Morgan fingerprint density at radius 2 is 1.70 bits per heavy atom. The number of nitrogens with zero attached hydrogens (tertiary/aromatic N) is 3. The third-order valence-electron chi connectivity index (χ3n) is 5.24. The van der Waals surface area contributed by atoms with Crippen molar-refractivity contribution in [2.24, 2.45) is 0 Å². The quantitative estimate of drug-likeness (QED) is 0.449. The molecule has 152 valence electrons. The van der Waals surface area contributed by atoms with Crippen molar-refractivity contribution in [1.29, 1.82) is 0 Å². The van der Waals surface area contributed by atoms with E-state index in [4.69, 9.17) is 0 Å². The minimum atomic E-state index is -0.0617. The zero-order valence-corrected chi connectivity index (χ0v) is 17.2. The predicted octanol–water partition coefficient (Wildman–Crippen LogP) is 4.94. The van der Waals surface area contributed by atoms with Crippen LogP contribution in [0.15, 0.2) is 85.2 Å². The van der Waals surface area contributed by atoms with E-state index >= 15 is 0 Å². The lowest BCUT2D eigenvalue weighted by atomic mass is 9.99. The number of carbonyl (C=O) groups excluding carboxylic acids is 1. The Hall–Kier alpha value is -3.60.